The van der Waals surface area contributed by atoms with Gasteiger partial charge in [-0.05, 0) is 38.3 Å². The maximum Gasteiger partial charge on any atom is 0.304 e. The fraction of sp³-hybridized carbons (Fsp3) is 0.500. The normalized spacial score (nSPS) is 19.2. The number of nitrogens with one attached hydrogen (secondary N) is 1. The molecule has 1 amide bonds. The molecule has 0 unspecified atom stereocenters. The van der Waals surface area contributed by atoms with Crippen molar-refractivity contribution < 1.29 is 19.4 Å². The molecule has 21 heavy (non-hydrogen) atoms. The molecule has 0 radical (unpaired) electrons. The molecule has 0 spiro atoms. The molecular weight excluding hydrogens is 270 g/mol. The highest BCUT2D eigenvalue weighted by molar-refractivity contribution is 5.95. The Morgan fingerprint density at radius 3 is 2.76 bits per heavy atom. The average molecular weight is 291 g/mol. The van der Waals surface area contributed by atoms with Gasteiger partial charge in [-0.2, -0.15) is 0 Å². The number of carboxylic acids is 1. The molecule has 0 aromatic heterocycles. The predicted octanol–water partition coefficient (Wildman–Crippen LogP) is 2.51. The third-order valence-corrected chi connectivity index (χ3v) is 3.78. The summed E-state index contributed by atoms with van der Waals surface area (Å²) < 4.78 is 5.50. The van der Waals surface area contributed by atoms with E-state index in [1.54, 1.807) is 0 Å². The first kappa shape index (κ1) is 15.5. The lowest BCUT2D eigenvalue weighted by atomic mass is 9.95. The summed E-state index contributed by atoms with van der Waals surface area (Å²) in [6.07, 6.45) is 1.10. The molecule has 0 aliphatic carbocycles. The van der Waals surface area contributed by atoms with Crippen LogP contribution in [0, 0.1) is 19.8 Å². The molecule has 0 saturated carbocycles. The molecule has 1 aromatic carbocycles. The van der Waals surface area contributed by atoms with E-state index < -0.39 is 11.9 Å². The molecule has 2 N–H and O–H groups in total. The smallest absolute Gasteiger partial charge is 0.304 e. The third kappa shape index (κ3) is 4.04. The zero-order chi connectivity index (χ0) is 15.4. The van der Waals surface area contributed by atoms with Crippen LogP contribution in [0.4, 0.5) is 5.69 Å². The second-order valence-corrected chi connectivity index (χ2v) is 5.56. The molecule has 1 heterocycles. The Kier molecular flexibility index (Phi) is 4.96. The van der Waals surface area contributed by atoms with Crippen molar-refractivity contribution in [1.29, 1.82) is 0 Å². The van der Waals surface area contributed by atoms with Gasteiger partial charge in [-0.1, -0.05) is 17.7 Å². The summed E-state index contributed by atoms with van der Waals surface area (Å²) in [7, 11) is 0. The molecule has 2 atom stereocenters. The summed E-state index contributed by atoms with van der Waals surface area (Å²) in [4.78, 5) is 23.4. The summed E-state index contributed by atoms with van der Waals surface area (Å²) in [6.45, 7) is 4.50. The van der Waals surface area contributed by atoms with E-state index in [0.29, 0.717) is 6.61 Å². The van der Waals surface area contributed by atoms with Crippen LogP contribution in [0.1, 0.15) is 30.4 Å². The van der Waals surface area contributed by atoms with Crippen molar-refractivity contribution in [3.8, 4) is 0 Å². The Hall–Kier alpha value is -1.88. The van der Waals surface area contributed by atoms with Gasteiger partial charge in [0.15, 0.2) is 0 Å². The number of rotatable bonds is 5. The fourth-order valence-corrected chi connectivity index (χ4v) is 2.68. The Balaban J connectivity index is 2.11. The summed E-state index contributed by atoms with van der Waals surface area (Å²) >= 11 is 0. The first-order valence-electron chi connectivity index (χ1n) is 7.19. The number of carboxylic acid groups (broad SMARTS) is 1. The van der Waals surface area contributed by atoms with Crippen LogP contribution in [0.5, 0.6) is 0 Å². The van der Waals surface area contributed by atoms with Gasteiger partial charge in [-0.3, -0.25) is 9.59 Å². The maximum absolute atomic E-state index is 12.4. The van der Waals surface area contributed by atoms with Crippen molar-refractivity contribution in [2.75, 3.05) is 11.9 Å². The number of anilines is 1. The first-order chi connectivity index (χ1) is 9.97. The SMILES string of the molecule is Cc1ccc(NC(=O)[C@@H](CC(=O)O)[C@H]2CCCO2)c(C)c1. The number of carbonyl (C=O) groups excluding carboxylic acids is 1. The van der Waals surface area contributed by atoms with Crippen molar-refractivity contribution in [1.82, 2.24) is 0 Å². The van der Waals surface area contributed by atoms with Crippen molar-refractivity contribution >= 4 is 17.6 Å². The van der Waals surface area contributed by atoms with E-state index in [-0.39, 0.29) is 18.4 Å². The number of benzene rings is 1. The van der Waals surface area contributed by atoms with Crippen LogP contribution in [0.3, 0.4) is 0 Å². The van der Waals surface area contributed by atoms with Gasteiger partial charge in [0, 0.05) is 12.3 Å². The molecule has 2 rings (SSSR count). The Labute approximate surface area is 124 Å². The minimum absolute atomic E-state index is 0.207. The highest BCUT2D eigenvalue weighted by atomic mass is 16.5. The van der Waals surface area contributed by atoms with E-state index in [1.165, 1.54) is 0 Å². The van der Waals surface area contributed by atoms with E-state index in [0.717, 1.165) is 29.7 Å². The van der Waals surface area contributed by atoms with Crippen LogP contribution in [-0.4, -0.2) is 29.7 Å². The second kappa shape index (κ2) is 6.72. The summed E-state index contributed by atoms with van der Waals surface area (Å²) in [5, 5.41) is 11.9. The van der Waals surface area contributed by atoms with Gasteiger partial charge in [0.25, 0.3) is 0 Å². The molecule has 0 bridgehead atoms. The topological polar surface area (TPSA) is 75.6 Å². The Morgan fingerprint density at radius 1 is 1.43 bits per heavy atom. The monoisotopic (exact) mass is 291 g/mol. The summed E-state index contributed by atoms with van der Waals surface area (Å²) in [5.74, 6) is -1.91. The quantitative estimate of drug-likeness (QED) is 0.874. The van der Waals surface area contributed by atoms with E-state index in [4.69, 9.17) is 9.84 Å². The predicted molar refractivity (Wildman–Crippen MR) is 79.3 cm³/mol. The molecule has 1 aromatic rings. The van der Waals surface area contributed by atoms with Gasteiger partial charge in [-0.25, -0.2) is 0 Å². The number of hydrogen-bond acceptors (Lipinski definition) is 3. The lowest BCUT2D eigenvalue weighted by Crippen LogP contribution is -2.34. The standard InChI is InChI=1S/C16H21NO4/c1-10-5-6-13(11(2)8-10)17-16(20)12(9-15(18)19)14-4-3-7-21-14/h5-6,8,12,14H,3-4,7,9H2,1-2H3,(H,17,20)(H,18,19)/t12-,14+/m0/s1. The Morgan fingerprint density at radius 2 is 2.19 bits per heavy atom. The number of aliphatic carboxylic acids is 1. The molecule has 5 nitrogen and oxygen atoms in total. The van der Waals surface area contributed by atoms with Crippen molar-refractivity contribution in [2.24, 2.45) is 5.92 Å². The zero-order valence-electron chi connectivity index (χ0n) is 12.4. The van der Waals surface area contributed by atoms with E-state index in [2.05, 4.69) is 5.32 Å². The van der Waals surface area contributed by atoms with Crippen LogP contribution >= 0.6 is 0 Å². The first-order valence-corrected chi connectivity index (χ1v) is 7.19. The number of hydrogen-bond donors (Lipinski definition) is 2. The van der Waals surface area contributed by atoms with E-state index in [9.17, 15) is 9.59 Å². The third-order valence-electron chi connectivity index (χ3n) is 3.78. The second-order valence-electron chi connectivity index (χ2n) is 5.56. The summed E-state index contributed by atoms with van der Waals surface area (Å²) in [6, 6.07) is 5.74. The van der Waals surface area contributed by atoms with Crippen molar-refractivity contribution in [2.45, 2.75) is 39.2 Å². The number of amides is 1. The molecular formula is C16H21NO4. The van der Waals surface area contributed by atoms with Crippen molar-refractivity contribution in [3.63, 3.8) is 0 Å². The van der Waals surface area contributed by atoms with E-state index in [1.807, 2.05) is 32.0 Å². The van der Waals surface area contributed by atoms with Crippen LogP contribution in [0.25, 0.3) is 0 Å². The molecule has 1 aliphatic rings. The zero-order valence-corrected chi connectivity index (χ0v) is 12.4. The van der Waals surface area contributed by atoms with Crippen LogP contribution in [-0.2, 0) is 14.3 Å². The van der Waals surface area contributed by atoms with Crippen molar-refractivity contribution in [3.05, 3.63) is 29.3 Å². The number of ether oxygens (including phenoxy) is 1. The maximum atomic E-state index is 12.4. The fourth-order valence-electron chi connectivity index (χ4n) is 2.68. The Bertz CT molecular complexity index is 535. The highest BCUT2D eigenvalue weighted by Gasteiger charge is 2.33. The van der Waals surface area contributed by atoms with Gasteiger partial charge in [0.05, 0.1) is 18.4 Å². The highest BCUT2D eigenvalue weighted by Crippen LogP contribution is 2.25. The van der Waals surface area contributed by atoms with Gasteiger partial charge >= 0.3 is 5.97 Å². The van der Waals surface area contributed by atoms with Gasteiger partial charge in [-0.15, -0.1) is 0 Å². The molecule has 1 aliphatic heterocycles. The largest absolute Gasteiger partial charge is 0.481 e. The summed E-state index contributed by atoms with van der Waals surface area (Å²) in [5.41, 5.74) is 2.80. The van der Waals surface area contributed by atoms with E-state index >= 15 is 0 Å². The van der Waals surface area contributed by atoms with Gasteiger partial charge < -0.3 is 15.2 Å². The van der Waals surface area contributed by atoms with Gasteiger partial charge in [0.1, 0.15) is 0 Å². The average Bonchev–Trinajstić information content (AvgIpc) is 2.92. The van der Waals surface area contributed by atoms with Crippen LogP contribution in [0.2, 0.25) is 0 Å². The molecule has 5 heteroatoms. The van der Waals surface area contributed by atoms with Gasteiger partial charge in [0.2, 0.25) is 5.91 Å². The lowest BCUT2D eigenvalue weighted by molar-refractivity contribution is -0.142. The minimum atomic E-state index is -0.980. The van der Waals surface area contributed by atoms with Crippen LogP contribution < -0.4 is 5.32 Å². The molecule has 1 saturated heterocycles. The number of aryl methyl sites for hydroxylation is 2. The minimum Gasteiger partial charge on any atom is -0.481 e. The number of carbonyl (C=O) groups is 2. The van der Waals surface area contributed by atoms with Crippen LogP contribution in [0.15, 0.2) is 18.2 Å². The lowest BCUT2D eigenvalue weighted by Gasteiger charge is -2.21. The molecule has 114 valence electrons. The molecule has 1 fully saturated rings.